The summed E-state index contributed by atoms with van der Waals surface area (Å²) >= 11 is 1.18. The Bertz CT molecular complexity index is 921. The minimum absolute atomic E-state index is 0.127. The molecule has 0 radical (unpaired) electrons. The molecule has 0 unspecified atom stereocenters. The average Bonchev–Trinajstić information content (AvgIpc) is 2.69. The molecule has 1 aliphatic rings. The summed E-state index contributed by atoms with van der Waals surface area (Å²) in [6.45, 7) is 4.02. The van der Waals surface area contributed by atoms with Crippen LogP contribution in [0.15, 0.2) is 34.2 Å². The predicted molar refractivity (Wildman–Crippen MR) is 111 cm³/mol. The topological polar surface area (TPSA) is 93.1 Å². The van der Waals surface area contributed by atoms with Gasteiger partial charge in [-0.2, -0.15) is 0 Å². The van der Waals surface area contributed by atoms with Crippen LogP contribution in [0.25, 0.3) is 10.9 Å². The highest BCUT2D eigenvalue weighted by Gasteiger charge is 2.22. The van der Waals surface area contributed by atoms with Gasteiger partial charge in [-0.25, -0.2) is 9.78 Å². The van der Waals surface area contributed by atoms with Crippen LogP contribution in [-0.2, 0) is 11.3 Å². The first-order valence-electron chi connectivity index (χ1n) is 9.77. The molecule has 8 heteroatoms. The summed E-state index contributed by atoms with van der Waals surface area (Å²) in [5.41, 5.74) is 0.473. The lowest BCUT2D eigenvalue weighted by molar-refractivity contribution is -0.119. The molecule has 1 heterocycles. The Morgan fingerprint density at radius 3 is 2.68 bits per heavy atom. The van der Waals surface area contributed by atoms with Gasteiger partial charge in [0, 0.05) is 12.6 Å². The molecule has 28 heavy (non-hydrogen) atoms. The summed E-state index contributed by atoms with van der Waals surface area (Å²) in [6.07, 6.45) is 5.32. The van der Waals surface area contributed by atoms with E-state index in [1.807, 2.05) is 13.0 Å². The summed E-state index contributed by atoms with van der Waals surface area (Å²) in [6, 6.07) is 6.84. The summed E-state index contributed by atoms with van der Waals surface area (Å²) in [7, 11) is 0. The molecule has 3 amide bonds. The van der Waals surface area contributed by atoms with Gasteiger partial charge in [-0.15, -0.1) is 0 Å². The van der Waals surface area contributed by atoms with Gasteiger partial charge in [0.25, 0.3) is 5.56 Å². The van der Waals surface area contributed by atoms with Gasteiger partial charge in [0.15, 0.2) is 5.16 Å². The summed E-state index contributed by atoms with van der Waals surface area (Å²) in [4.78, 5) is 41.8. The fourth-order valence-corrected chi connectivity index (χ4v) is 4.38. The van der Waals surface area contributed by atoms with Gasteiger partial charge in [0.1, 0.15) is 0 Å². The SMILES string of the molecule is CCn1c(S[C@@H](C)C(=O)NC(=O)NC2CCCCC2)nc2ccccc2c1=O. The molecule has 0 aliphatic heterocycles. The Kier molecular flexibility index (Phi) is 6.72. The molecule has 3 rings (SSSR count). The molecule has 2 N–H and O–H groups in total. The van der Waals surface area contributed by atoms with Crippen molar-refractivity contribution in [1.29, 1.82) is 0 Å². The molecule has 0 saturated heterocycles. The number of nitrogens with one attached hydrogen (secondary N) is 2. The van der Waals surface area contributed by atoms with Gasteiger partial charge in [-0.1, -0.05) is 43.2 Å². The summed E-state index contributed by atoms with van der Waals surface area (Å²) in [5, 5.41) is 5.75. The van der Waals surface area contributed by atoms with Gasteiger partial charge in [0.05, 0.1) is 16.2 Å². The van der Waals surface area contributed by atoms with Crippen molar-refractivity contribution in [2.45, 2.75) is 68.9 Å². The van der Waals surface area contributed by atoms with Gasteiger partial charge >= 0.3 is 6.03 Å². The highest BCUT2D eigenvalue weighted by atomic mass is 32.2. The van der Waals surface area contributed by atoms with Crippen LogP contribution in [0.1, 0.15) is 46.0 Å². The molecule has 1 aromatic heterocycles. The second-order valence-corrected chi connectivity index (χ2v) is 8.33. The molecule has 1 fully saturated rings. The first-order chi connectivity index (χ1) is 13.5. The molecule has 1 aliphatic carbocycles. The van der Waals surface area contributed by atoms with Crippen LogP contribution in [0.2, 0.25) is 0 Å². The Labute approximate surface area is 168 Å². The average molecular weight is 403 g/mol. The van der Waals surface area contributed by atoms with Crippen LogP contribution in [0, 0.1) is 0 Å². The monoisotopic (exact) mass is 402 g/mol. The van der Waals surface area contributed by atoms with Crippen LogP contribution >= 0.6 is 11.8 Å². The van der Waals surface area contributed by atoms with Crippen molar-refractivity contribution in [2.75, 3.05) is 0 Å². The molecule has 150 valence electrons. The van der Waals surface area contributed by atoms with E-state index in [0.29, 0.717) is 22.6 Å². The van der Waals surface area contributed by atoms with E-state index < -0.39 is 17.2 Å². The minimum atomic E-state index is -0.567. The molecular formula is C20H26N4O3S. The maximum absolute atomic E-state index is 12.7. The van der Waals surface area contributed by atoms with Crippen molar-refractivity contribution >= 4 is 34.6 Å². The first-order valence-corrected chi connectivity index (χ1v) is 10.6. The standard InChI is InChI=1S/C20H26N4O3S/c1-3-24-18(26)15-11-7-8-12-16(15)22-20(24)28-13(2)17(25)23-19(27)21-14-9-5-4-6-10-14/h7-8,11-14H,3-6,9-10H2,1-2H3,(H2,21,23,25,27)/t13-/m0/s1. The second kappa shape index (κ2) is 9.23. The van der Waals surface area contributed by atoms with E-state index in [2.05, 4.69) is 15.6 Å². The number of imide groups is 1. The van der Waals surface area contributed by atoms with Crippen molar-refractivity contribution in [2.24, 2.45) is 0 Å². The molecule has 0 bridgehead atoms. The zero-order valence-corrected chi connectivity index (χ0v) is 17.1. The Hall–Kier alpha value is -2.35. The van der Waals surface area contributed by atoms with Crippen molar-refractivity contribution in [1.82, 2.24) is 20.2 Å². The Morgan fingerprint density at radius 1 is 1.25 bits per heavy atom. The lowest BCUT2D eigenvalue weighted by Crippen LogP contribution is -2.47. The third-order valence-corrected chi connectivity index (χ3v) is 6.06. The number of urea groups is 1. The largest absolute Gasteiger partial charge is 0.335 e. The van der Waals surface area contributed by atoms with Gasteiger partial charge in [-0.05, 0) is 38.8 Å². The first kappa shape index (κ1) is 20.4. The van der Waals surface area contributed by atoms with Crippen LogP contribution in [0.3, 0.4) is 0 Å². The van der Waals surface area contributed by atoms with Crippen molar-refractivity contribution in [3.63, 3.8) is 0 Å². The highest BCUT2D eigenvalue weighted by molar-refractivity contribution is 8.00. The quantitative estimate of drug-likeness (QED) is 0.592. The van der Waals surface area contributed by atoms with Gasteiger partial charge in [0.2, 0.25) is 5.91 Å². The summed E-state index contributed by atoms with van der Waals surface area (Å²) in [5.74, 6) is -0.400. The van der Waals surface area contributed by atoms with E-state index in [9.17, 15) is 14.4 Å². The highest BCUT2D eigenvalue weighted by Crippen LogP contribution is 2.22. The fourth-order valence-electron chi connectivity index (χ4n) is 3.41. The number of fused-ring (bicyclic) bond motifs is 1. The number of hydrogen-bond acceptors (Lipinski definition) is 5. The maximum Gasteiger partial charge on any atom is 0.321 e. The molecular weight excluding hydrogens is 376 g/mol. The fraction of sp³-hybridized carbons (Fsp3) is 0.500. The zero-order valence-electron chi connectivity index (χ0n) is 16.2. The van der Waals surface area contributed by atoms with Crippen molar-refractivity contribution in [3.8, 4) is 0 Å². The number of carbonyl (C=O) groups is 2. The number of carbonyl (C=O) groups excluding carboxylic acids is 2. The van der Waals surface area contributed by atoms with E-state index in [4.69, 9.17) is 0 Å². The third-order valence-electron chi connectivity index (χ3n) is 4.97. The molecule has 2 aromatic rings. The Morgan fingerprint density at radius 2 is 1.96 bits per heavy atom. The van der Waals surface area contributed by atoms with Crippen molar-refractivity contribution < 1.29 is 9.59 Å². The number of aromatic nitrogens is 2. The maximum atomic E-state index is 12.7. The minimum Gasteiger partial charge on any atom is -0.335 e. The molecule has 0 spiro atoms. The van der Waals surface area contributed by atoms with Gasteiger partial charge in [-0.3, -0.25) is 19.5 Å². The molecule has 1 saturated carbocycles. The van der Waals surface area contributed by atoms with Crippen molar-refractivity contribution in [3.05, 3.63) is 34.6 Å². The number of benzene rings is 1. The number of hydrogen-bond donors (Lipinski definition) is 2. The Balaban J connectivity index is 1.68. The van der Waals surface area contributed by atoms with Crippen LogP contribution in [-0.4, -0.2) is 32.8 Å². The number of thioether (sulfide) groups is 1. The predicted octanol–water partition coefficient (Wildman–Crippen LogP) is 3.06. The molecule has 1 atom stereocenters. The normalized spacial score (nSPS) is 15.9. The summed E-state index contributed by atoms with van der Waals surface area (Å²) < 4.78 is 1.55. The number of nitrogens with zero attached hydrogens (tertiary/aromatic N) is 2. The van der Waals surface area contributed by atoms with Crippen LogP contribution in [0.5, 0.6) is 0 Å². The number of para-hydroxylation sites is 1. The number of amides is 3. The van der Waals surface area contributed by atoms with E-state index in [1.54, 1.807) is 29.7 Å². The second-order valence-electron chi connectivity index (χ2n) is 7.02. The third kappa shape index (κ3) is 4.73. The van der Waals surface area contributed by atoms with E-state index in [1.165, 1.54) is 18.2 Å². The number of rotatable bonds is 5. The van der Waals surface area contributed by atoms with Gasteiger partial charge < -0.3 is 5.32 Å². The molecule has 7 nitrogen and oxygen atoms in total. The lowest BCUT2D eigenvalue weighted by Gasteiger charge is -2.23. The van der Waals surface area contributed by atoms with Crippen LogP contribution in [0.4, 0.5) is 4.79 Å². The van der Waals surface area contributed by atoms with E-state index in [-0.39, 0.29) is 11.6 Å². The molecule has 1 aromatic carbocycles. The zero-order chi connectivity index (χ0) is 20.1. The van der Waals surface area contributed by atoms with E-state index >= 15 is 0 Å². The van der Waals surface area contributed by atoms with Crippen LogP contribution < -0.4 is 16.2 Å². The lowest BCUT2D eigenvalue weighted by atomic mass is 9.96. The van der Waals surface area contributed by atoms with E-state index in [0.717, 1.165) is 25.7 Å². The smallest absolute Gasteiger partial charge is 0.321 e.